The van der Waals surface area contributed by atoms with Crippen LogP contribution >= 0.6 is 34.5 Å². The van der Waals surface area contributed by atoms with Crippen molar-refractivity contribution in [3.8, 4) is 0 Å². The van der Waals surface area contributed by atoms with Gasteiger partial charge in [-0.15, -0.1) is 11.3 Å². The first-order valence-electron chi connectivity index (χ1n) is 5.06. The van der Waals surface area contributed by atoms with E-state index < -0.39 is 0 Å². The predicted octanol–water partition coefficient (Wildman–Crippen LogP) is 4.90. The molecule has 17 heavy (non-hydrogen) atoms. The molecule has 0 amide bonds. The van der Waals surface area contributed by atoms with Gasteiger partial charge in [0.1, 0.15) is 0 Å². The second-order valence-corrected chi connectivity index (χ2v) is 5.92. The van der Waals surface area contributed by atoms with Crippen molar-refractivity contribution in [1.29, 1.82) is 0 Å². The van der Waals surface area contributed by atoms with Crippen LogP contribution in [0.25, 0.3) is 0 Å². The molecule has 0 fully saturated rings. The molecule has 4 heteroatoms. The monoisotopic (exact) mass is 284 g/mol. The van der Waals surface area contributed by atoms with Crippen LogP contribution in [0.15, 0.2) is 24.3 Å². The number of benzene rings is 1. The van der Waals surface area contributed by atoms with Gasteiger partial charge in [-0.05, 0) is 43.7 Å². The average molecular weight is 285 g/mol. The summed E-state index contributed by atoms with van der Waals surface area (Å²) in [6.07, 6.45) is 0. The molecule has 0 aliphatic heterocycles. The van der Waals surface area contributed by atoms with Crippen LogP contribution in [0.2, 0.25) is 10.0 Å². The Kier molecular flexibility index (Phi) is 3.57. The molecule has 2 rings (SSSR count). The average Bonchev–Trinajstić information content (AvgIpc) is 2.60. The van der Waals surface area contributed by atoms with E-state index in [1.165, 1.54) is 11.3 Å². The van der Waals surface area contributed by atoms with Gasteiger partial charge in [-0.2, -0.15) is 0 Å². The Bertz CT molecular complexity index is 587. The summed E-state index contributed by atoms with van der Waals surface area (Å²) in [5, 5.41) is 0.952. The van der Waals surface area contributed by atoms with Crippen LogP contribution in [-0.4, -0.2) is 5.78 Å². The third kappa shape index (κ3) is 2.54. The fourth-order valence-electron chi connectivity index (χ4n) is 1.66. The number of carbonyl (C=O) groups excluding carboxylic acids is 1. The molecule has 1 aromatic carbocycles. The quantitative estimate of drug-likeness (QED) is 0.717. The Hall–Kier alpha value is -0.830. The zero-order chi connectivity index (χ0) is 12.6. The van der Waals surface area contributed by atoms with Gasteiger partial charge in [0, 0.05) is 15.5 Å². The minimum atomic E-state index is -0.0619. The van der Waals surface area contributed by atoms with Gasteiger partial charge in [-0.1, -0.05) is 23.2 Å². The Morgan fingerprint density at radius 1 is 1.18 bits per heavy atom. The standard InChI is InChI=1S/C13H10Cl2OS/c1-7-5-8(2)17-13(7)12(16)10-6-9(14)3-4-11(10)15/h3-6H,1-2H3. The van der Waals surface area contributed by atoms with Crippen LogP contribution < -0.4 is 0 Å². The van der Waals surface area contributed by atoms with Crippen LogP contribution in [-0.2, 0) is 0 Å². The van der Waals surface area contributed by atoms with E-state index in [1.54, 1.807) is 18.2 Å². The van der Waals surface area contributed by atoms with Gasteiger partial charge in [0.2, 0.25) is 5.78 Å². The number of carbonyl (C=O) groups is 1. The summed E-state index contributed by atoms with van der Waals surface area (Å²) in [6, 6.07) is 6.93. The molecule has 2 aromatic rings. The first-order chi connectivity index (χ1) is 7.99. The van der Waals surface area contributed by atoms with Crippen molar-refractivity contribution in [1.82, 2.24) is 0 Å². The van der Waals surface area contributed by atoms with Crippen LogP contribution in [0.5, 0.6) is 0 Å². The third-order valence-corrected chi connectivity index (χ3v) is 4.14. The number of aryl methyl sites for hydroxylation is 2. The molecule has 0 spiro atoms. The highest BCUT2D eigenvalue weighted by Gasteiger charge is 2.17. The number of hydrogen-bond donors (Lipinski definition) is 0. The number of rotatable bonds is 2. The minimum Gasteiger partial charge on any atom is -0.288 e. The molecule has 1 heterocycles. The van der Waals surface area contributed by atoms with Gasteiger partial charge in [0.05, 0.1) is 9.90 Å². The van der Waals surface area contributed by atoms with Crippen molar-refractivity contribution in [2.45, 2.75) is 13.8 Å². The molecule has 0 aliphatic carbocycles. The van der Waals surface area contributed by atoms with Gasteiger partial charge in [0.15, 0.2) is 0 Å². The fraction of sp³-hybridized carbons (Fsp3) is 0.154. The predicted molar refractivity (Wildman–Crippen MR) is 73.7 cm³/mol. The third-order valence-electron chi connectivity index (χ3n) is 2.42. The van der Waals surface area contributed by atoms with Crippen molar-refractivity contribution in [2.24, 2.45) is 0 Å². The van der Waals surface area contributed by atoms with E-state index in [0.29, 0.717) is 15.6 Å². The molecule has 0 unspecified atom stereocenters. The highest BCUT2D eigenvalue weighted by atomic mass is 35.5. The summed E-state index contributed by atoms with van der Waals surface area (Å²) in [6.45, 7) is 3.91. The van der Waals surface area contributed by atoms with Crippen LogP contribution in [0.1, 0.15) is 25.7 Å². The number of thiophene rings is 1. The Morgan fingerprint density at radius 3 is 2.47 bits per heavy atom. The maximum absolute atomic E-state index is 12.3. The van der Waals surface area contributed by atoms with Gasteiger partial charge in [-0.3, -0.25) is 4.79 Å². The van der Waals surface area contributed by atoms with Crippen molar-refractivity contribution in [2.75, 3.05) is 0 Å². The molecule has 0 saturated carbocycles. The number of halogens is 2. The second kappa shape index (κ2) is 4.81. The topological polar surface area (TPSA) is 17.1 Å². The lowest BCUT2D eigenvalue weighted by Crippen LogP contribution is -2.01. The normalized spacial score (nSPS) is 10.6. The van der Waals surface area contributed by atoms with Crippen LogP contribution in [0.4, 0.5) is 0 Å². The van der Waals surface area contributed by atoms with E-state index in [4.69, 9.17) is 23.2 Å². The molecular formula is C13H10Cl2OS. The number of ketones is 1. The van der Waals surface area contributed by atoms with Crippen molar-refractivity contribution >= 4 is 40.3 Å². The van der Waals surface area contributed by atoms with E-state index in [2.05, 4.69) is 0 Å². The fourth-order valence-corrected chi connectivity index (χ4v) is 3.02. The molecule has 1 aromatic heterocycles. The maximum Gasteiger partial charge on any atom is 0.204 e. The van der Waals surface area contributed by atoms with Crippen molar-refractivity contribution < 1.29 is 4.79 Å². The second-order valence-electron chi connectivity index (χ2n) is 3.82. The zero-order valence-electron chi connectivity index (χ0n) is 9.38. The van der Waals surface area contributed by atoms with Crippen LogP contribution in [0.3, 0.4) is 0 Å². The molecule has 0 N–H and O–H groups in total. The summed E-state index contributed by atoms with van der Waals surface area (Å²) in [5.41, 5.74) is 1.44. The summed E-state index contributed by atoms with van der Waals surface area (Å²) in [5.74, 6) is -0.0619. The molecule has 88 valence electrons. The number of hydrogen-bond acceptors (Lipinski definition) is 2. The Morgan fingerprint density at radius 2 is 1.88 bits per heavy atom. The van der Waals surface area contributed by atoms with E-state index in [1.807, 2.05) is 19.9 Å². The zero-order valence-corrected chi connectivity index (χ0v) is 11.7. The van der Waals surface area contributed by atoms with E-state index >= 15 is 0 Å². The van der Waals surface area contributed by atoms with Gasteiger partial charge >= 0.3 is 0 Å². The smallest absolute Gasteiger partial charge is 0.204 e. The molecular weight excluding hydrogens is 275 g/mol. The SMILES string of the molecule is Cc1cc(C)c(C(=O)c2cc(Cl)ccc2Cl)s1. The van der Waals surface area contributed by atoms with E-state index in [-0.39, 0.29) is 5.78 Å². The minimum absolute atomic E-state index is 0.0619. The first-order valence-corrected chi connectivity index (χ1v) is 6.63. The lowest BCUT2D eigenvalue weighted by molar-refractivity contribution is 0.104. The highest BCUT2D eigenvalue weighted by Crippen LogP contribution is 2.28. The molecule has 0 atom stereocenters. The summed E-state index contributed by atoms with van der Waals surface area (Å²) >= 11 is 13.4. The van der Waals surface area contributed by atoms with Gasteiger partial charge < -0.3 is 0 Å². The molecule has 0 bridgehead atoms. The Labute approximate surface area is 114 Å². The summed E-state index contributed by atoms with van der Waals surface area (Å²) in [7, 11) is 0. The van der Waals surface area contributed by atoms with E-state index in [0.717, 1.165) is 15.3 Å². The highest BCUT2D eigenvalue weighted by molar-refractivity contribution is 7.14. The summed E-state index contributed by atoms with van der Waals surface area (Å²) in [4.78, 5) is 14.2. The largest absolute Gasteiger partial charge is 0.288 e. The maximum atomic E-state index is 12.3. The van der Waals surface area contributed by atoms with Gasteiger partial charge in [0.25, 0.3) is 0 Å². The lowest BCUT2D eigenvalue weighted by Gasteiger charge is -2.03. The van der Waals surface area contributed by atoms with Gasteiger partial charge in [-0.25, -0.2) is 0 Å². The molecule has 0 saturated heterocycles. The lowest BCUT2D eigenvalue weighted by atomic mass is 10.1. The summed E-state index contributed by atoms with van der Waals surface area (Å²) < 4.78 is 0. The van der Waals surface area contributed by atoms with Crippen LogP contribution in [0, 0.1) is 13.8 Å². The Balaban J connectivity index is 2.50. The van der Waals surface area contributed by atoms with E-state index in [9.17, 15) is 4.79 Å². The van der Waals surface area contributed by atoms with Crippen molar-refractivity contribution in [3.63, 3.8) is 0 Å². The van der Waals surface area contributed by atoms with Crippen molar-refractivity contribution in [3.05, 3.63) is 55.2 Å². The molecule has 0 radical (unpaired) electrons. The molecule has 0 aliphatic rings. The first kappa shape index (κ1) is 12.6. The molecule has 1 nitrogen and oxygen atoms in total.